The summed E-state index contributed by atoms with van der Waals surface area (Å²) in [6.07, 6.45) is -0.733. The number of nitrogens with zero attached hydrogens (tertiary/aromatic N) is 6. The number of benzene rings is 2. The van der Waals surface area contributed by atoms with E-state index >= 15 is 4.39 Å². The van der Waals surface area contributed by atoms with Crippen LogP contribution in [0.15, 0.2) is 35.7 Å². The van der Waals surface area contributed by atoms with E-state index in [4.69, 9.17) is 28.2 Å². The number of anilines is 1. The Hall–Kier alpha value is -3.96. The maximum absolute atomic E-state index is 17.3. The first-order valence-corrected chi connectivity index (χ1v) is 20.4. The molecule has 4 saturated heterocycles. The van der Waals surface area contributed by atoms with Gasteiger partial charge in [0.05, 0.1) is 39.8 Å². The highest BCUT2D eigenvalue weighted by molar-refractivity contribution is 7.13. The highest BCUT2D eigenvalue weighted by atomic mass is 35.5. The summed E-state index contributed by atoms with van der Waals surface area (Å²) in [5.41, 5.74) is 3.03. The Balaban J connectivity index is 1.19. The van der Waals surface area contributed by atoms with E-state index in [1.807, 2.05) is 22.8 Å². The number of alkyl halides is 3. The number of piperidine rings is 1. The third-order valence-corrected chi connectivity index (χ3v) is 14.3. The first kappa shape index (κ1) is 35.5. The third-order valence-electron chi connectivity index (χ3n) is 12.6. The van der Waals surface area contributed by atoms with Crippen molar-refractivity contribution in [1.29, 1.82) is 5.26 Å². The number of aryl methyl sites for hydroxylation is 2. The van der Waals surface area contributed by atoms with E-state index in [1.165, 1.54) is 0 Å². The summed E-state index contributed by atoms with van der Waals surface area (Å²) in [4.78, 5) is 27.2. The second kappa shape index (κ2) is 12.8. The van der Waals surface area contributed by atoms with Gasteiger partial charge in [-0.25, -0.2) is 14.4 Å². The van der Waals surface area contributed by atoms with Crippen molar-refractivity contribution in [3.63, 3.8) is 0 Å². The molecule has 4 bridgehead atoms. The Morgan fingerprint density at radius 3 is 2.62 bits per heavy atom. The molecular formula is C40H35Cl2F4N7OS. The minimum Gasteiger partial charge on any atom is -0.346 e. The second-order valence-corrected chi connectivity index (χ2v) is 17.4. The fraction of sp³-hybridized carbons (Fsp3) is 0.450. The standard InChI is InChI=1S/C40H35Cl2F4N7OS/c1-18-25-13-29(36-22-10-23(52(36)38(54)19-7-8-19)16-51(15-22)39-50-30(17-55-39)40(44,45)46)53(35-21-12-28(35)48-14-21)37(25)26-11-20(4-3-9-47)31(33(43)34(26)49-18)24-5-2-6-27(41)32(24)42/h2,5-6,11,13,17,19,21-23,28,35-36,48H,3-4,7-8,10,12,14-16H2,1H3/t21-,22+,23-,28-,35+,36-/m1/s1. The van der Waals surface area contributed by atoms with E-state index in [0.29, 0.717) is 46.3 Å². The number of carbonyl (C=O) groups excluding carboxylic acids is 1. The number of nitrogens with one attached hydrogen (secondary N) is 1. The van der Waals surface area contributed by atoms with Crippen LogP contribution in [0.3, 0.4) is 0 Å². The number of likely N-dealkylation sites (tertiary alicyclic amines) is 1. The van der Waals surface area contributed by atoms with Gasteiger partial charge in [0.2, 0.25) is 5.91 Å². The number of nitriles is 1. The zero-order chi connectivity index (χ0) is 38.1. The fourth-order valence-electron chi connectivity index (χ4n) is 10.0. The molecule has 8 nitrogen and oxygen atoms in total. The van der Waals surface area contributed by atoms with E-state index < -0.39 is 17.7 Å². The van der Waals surface area contributed by atoms with Gasteiger partial charge in [0.15, 0.2) is 16.6 Å². The molecule has 6 aliphatic rings. The smallest absolute Gasteiger partial charge is 0.346 e. The second-order valence-electron chi connectivity index (χ2n) is 15.8. The largest absolute Gasteiger partial charge is 0.434 e. The number of rotatable bonds is 7. The van der Waals surface area contributed by atoms with Gasteiger partial charge in [-0.15, -0.1) is 11.3 Å². The van der Waals surface area contributed by atoms with Crippen LogP contribution in [0.2, 0.25) is 10.0 Å². The van der Waals surface area contributed by atoms with E-state index in [0.717, 1.165) is 65.5 Å². The summed E-state index contributed by atoms with van der Waals surface area (Å²) in [6, 6.07) is 11.1. The number of pyridine rings is 1. The Labute approximate surface area is 328 Å². The lowest BCUT2D eigenvalue weighted by Gasteiger charge is -2.40. The molecule has 0 unspecified atom stereocenters. The molecule has 11 rings (SSSR count). The maximum atomic E-state index is 17.3. The van der Waals surface area contributed by atoms with Crippen LogP contribution in [0.25, 0.3) is 32.9 Å². The third kappa shape index (κ3) is 5.49. The summed E-state index contributed by atoms with van der Waals surface area (Å²) in [7, 11) is 0. The van der Waals surface area contributed by atoms with E-state index in [9.17, 15) is 23.2 Å². The molecule has 1 N–H and O–H groups in total. The van der Waals surface area contributed by atoms with Crippen molar-refractivity contribution in [2.75, 3.05) is 24.5 Å². The van der Waals surface area contributed by atoms with Crippen LogP contribution in [0.5, 0.6) is 0 Å². The molecule has 284 valence electrons. The number of thiazole rings is 1. The van der Waals surface area contributed by atoms with Gasteiger partial charge in [0.1, 0.15) is 5.52 Å². The predicted molar refractivity (Wildman–Crippen MR) is 204 cm³/mol. The highest BCUT2D eigenvalue weighted by Crippen LogP contribution is 2.54. The molecule has 2 saturated carbocycles. The lowest BCUT2D eigenvalue weighted by molar-refractivity contribution is -0.140. The van der Waals surface area contributed by atoms with E-state index in [1.54, 1.807) is 18.2 Å². The van der Waals surface area contributed by atoms with Gasteiger partial charge < -0.3 is 19.7 Å². The molecule has 15 heteroatoms. The van der Waals surface area contributed by atoms with E-state index in [2.05, 4.69) is 27.0 Å². The Morgan fingerprint density at radius 1 is 1.11 bits per heavy atom. The summed E-state index contributed by atoms with van der Waals surface area (Å²) in [5, 5.41) is 16.7. The lowest BCUT2D eigenvalue weighted by Crippen LogP contribution is -2.45. The van der Waals surface area contributed by atoms with Crippen LogP contribution >= 0.6 is 34.5 Å². The van der Waals surface area contributed by atoms with Crippen LogP contribution in [-0.2, 0) is 17.4 Å². The predicted octanol–water partition coefficient (Wildman–Crippen LogP) is 9.26. The first-order chi connectivity index (χ1) is 26.4. The van der Waals surface area contributed by atoms with Gasteiger partial charge in [-0.05, 0) is 68.7 Å². The Morgan fingerprint density at radius 2 is 1.93 bits per heavy atom. The van der Waals surface area contributed by atoms with Crippen molar-refractivity contribution < 1.29 is 22.4 Å². The number of amides is 1. The molecule has 0 radical (unpaired) electrons. The molecule has 4 aliphatic heterocycles. The fourth-order valence-corrected chi connectivity index (χ4v) is 11.3. The van der Waals surface area contributed by atoms with E-state index in [-0.39, 0.29) is 75.9 Å². The highest BCUT2D eigenvalue weighted by Gasteiger charge is 2.55. The topological polar surface area (TPSA) is 90.1 Å². The molecule has 0 spiro atoms. The Bertz CT molecular complexity index is 2460. The zero-order valence-electron chi connectivity index (χ0n) is 29.6. The van der Waals surface area contributed by atoms with Gasteiger partial charge in [0, 0.05) is 82.6 Å². The lowest BCUT2D eigenvalue weighted by atomic mass is 9.79. The van der Waals surface area contributed by atoms with Gasteiger partial charge in [0.25, 0.3) is 0 Å². The van der Waals surface area contributed by atoms with Crippen molar-refractivity contribution in [2.45, 2.75) is 75.8 Å². The molecule has 2 aromatic carbocycles. The van der Waals surface area contributed by atoms with Crippen LogP contribution in [0, 0.1) is 41.8 Å². The zero-order valence-corrected chi connectivity index (χ0v) is 32.0. The molecule has 6 fully saturated rings. The molecule has 5 aromatic rings. The number of hydrogen-bond donors (Lipinski definition) is 1. The number of aromatic nitrogens is 3. The van der Waals surface area contributed by atoms with Crippen LogP contribution in [0.4, 0.5) is 22.7 Å². The van der Waals surface area contributed by atoms with Crippen LogP contribution in [-0.4, -0.2) is 57.1 Å². The minimum absolute atomic E-state index is 0.0490. The maximum Gasteiger partial charge on any atom is 0.434 e. The molecule has 6 atom stereocenters. The molecular weight excluding hydrogens is 773 g/mol. The van der Waals surface area contributed by atoms with Crippen LogP contribution < -0.4 is 10.2 Å². The van der Waals surface area contributed by atoms with Gasteiger partial charge in [-0.3, -0.25) is 4.79 Å². The SMILES string of the molecule is Cc1nc2c(F)c(-c3cccc(Cl)c3Cl)c(CCC#N)cc2c2c1cc([C@H]1[C@H]3C[C@H](CN(c4nc(C(F)(F)F)cs4)C3)N1C(=O)C1CC1)n2[C@H]1[C@H]2CN[C@@H]1C2. The first-order valence-electron chi connectivity index (χ1n) is 18.7. The van der Waals surface area contributed by atoms with Gasteiger partial charge in [-0.1, -0.05) is 35.3 Å². The number of fused-ring (bicyclic) bond motifs is 6. The molecule has 2 aliphatic carbocycles. The van der Waals surface area contributed by atoms with Crippen molar-refractivity contribution >= 4 is 67.4 Å². The molecule has 1 amide bonds. The average molecular weight is 809 g/mol. The number of hydrogen-bond acceptors (Lipinski definition) is 7. The Kier molecular flexibility index (Phi) is 8.24. The number of carbonyl (C=O) groups is 1. The van der Waals surface area contributed by atoms with Gasteiger partial charge >= 0.3 is 6.18 Å². The monoisotopic (exact) mass is 807 g/mol. The van der Waals surface area contributed by atoms with Gasteiger partial charge in [-0.2, -0.15) is 18.4 Å². The van der Waals surface area contributed by atoms with Crippen molar-refractivity contribution in [3.05, 3.63) is 74.2 Å². The molecule has 3 aromatic heterocycles. The summed E-state index contributed by atoms with van der Waals surface area (Å²) in [5.74, 6) is -0.260. The minimum atomic E-state index is -4.54. The summed E-state index contributed by atoms with van der Waals surface area (Å²) in [6.45, 7) is 3.57. The normalized spacial score (nSPS) is 25.9. The summed E-state index contributed by atoms with van der Waals surface area (Å²) >= 11 is 14.1. The quantitative estimate of drug-likeness (QED) is 0.165. The van der Waals surface area contributed by atoms with Crippen molar-refractivity contribution in [2.24, 2.45) is 17.8 Å². The number of halogens is 6. The van der Waals surface area contributed by atoms with Crippen molar-refractivity contribution in [3.8, 4) is 17.2 Å². The molecule has 55 heavy (non-hydrogen) atoms. The molecule has 7 heterocycles. The average Bonchev–Trinajstić information content (AvgIpc) is 3.56. The van der Waals surface area contributed by atoms with Crippen LogP contribution in [0.1, 0.15) is 66.8 Å². The summed E-state index contributed by atoms with van der Waals surface area (Å²) < 4.78 is 60.5. The van der Waals surface area contributed by atoms with Crippen molar-refractivity contribution in [1.82, 2.24) is 24.8 Å².